The Bertz CT molecular complexity index is 395. The Morgan fingerprint density at radius 3 is 2.82 bits per heavy atom. The van der Waals surface area contributed by atoms with Crippen molar-refractivity contribution in [1.82, 2.24) is 0 Å². The number of ether oxygens (including phenoxy) is 1. The molecule has 1 aliphatic heterocycles. The van der Waals surface area contributed by atoms with E-state index in [1.165, 1.54) is 6.07 Å². The van der Waals surface area contributed by atoms with Crippen molar-refractivity contribution >= 4 is 0 Å². The van der Waals surface area contributed by atoms with Gasteiger partial charge in [-0.25, -0.2) is 8.78 Å². The fourth-order valence-electron chi connectivity index (χ4n) is 2.39. The maximum atomic E-state index is 13.1. The molecule has 2 nitrogen and oxygen atoms in total. The number of aliphatic hydroxyl groups is 1. The van der Waals surface area contributed by atoms with Crippen LogP contribution in [0.2, 0.25) is 0 Å². The van der Waals surface area contributed by atoms with Crippen LogP contribution in [0.5, 0.6) is 0 Å². The third-order valence-electron chi connectivity index (χ3n) is 3.35. The van der Waals surface area contributed by atoms with Gasteiger partial charge in [0, 0.05) is 12.5 Å². The summed E-state index contributed by atoms with van der Waals surface area (Å²) in [5.74, 6) is -1.85. The van der Waals surface area contributed by atoms with Crippen molar-refractivity contribution in [3.63, 3.8) is 0 Å². The second kappa shape index (κ2) is 5.10. The van der Waals surface area contributed by atoms with Crippen LogP contribution >= 0.6 is 0 Å². The fraction of sp³-hybridized carbons (Fsp3) is 0.538. The zero-order valence-electron chi connectivity index (χ0n) is 9.70. The topological polar surface area (TPSA) is 29.5 Å². The van der Waals surface area contributed by atoms with Gasteiger partial charge in [-0.05, 0) is 30.5 Å². The highest BCUT2D eigenvalue weighted by Gasteiger charge is 2.33. The van der Waals surface area contributed by atoms with E-state index < -0.39 is 17.7 Å². The molecule has 0 aliphatic carbocycles. The van der Waals surface area contributed by atoms with E-state index in [0.29, 0.717) is 12.2 Å². The summed E-state index contributed by atoms with van der Waals surface area (Å²) < 4.78 is 31.4. The van der Waals surface area contributed by atoms with Gasteiger partial charge in [0.2, 0.25) is 0 Å². The van der Waals surface area contributed by atoms with Crippen LogP contribution in [0, 0.1) is 17.6 Å². The van der Waals surface area contributed by atoms with Crippen LogP contribution in [-0.2, 0) is 4.74 Å². The molecule has 2 rings (SSSR count). The molecule has 17 heavy (non-hydrogen) atoms. The Labute approximate surface area is 99.2 Å². The minimum Gasteiger partial charge on any atom is -0.388 e. The smallest absolute Gasteiger partial charge is 0.159 e. The molecule has 4 heteroatoms. The molecule has 0 saturated carbocycles. The number of benzene rings is 1. The van der Waals surface area contributed by atoms with Crippen LogP contribution < -0.4 is 0 Å². The minimum absolute atomic E-state index is 0.00175. The van der Waals surface area contributed by atoms with Gasteiger partial charge in [0.25, 0.3) is 0 Å². The Morgan fingerprint density at radius 2 is 2.18 bits per heavy atom. The Kier molecular flexibility index (Phi) is 3.74. The summed E-state index contributed by atoms with van der Waals surface area (Å²) >= 11 is 0. The Hall–Kier alpha value is -1.00. The third-order valence-corrected chi connectivity index (χ3v) is 3.35. The molecule has 1 aliphatic rings. The van der Waals surface area contributed by atoms with E-state index in [1.54, 1.807) is 0 Å². The first kappa shape index (κ1) is 12.5. The van der Waals surface area contributed by atoms with Crippen molar-refractivity contribution < 1.29 is 18.6 Å². The molecular formula is C13H16F2O2. The van der Waals surface area contributed by atoms with E-state index >= 15 is 0 Å². The summed E-state index contributed by atoms with van der Waals surface area (Å²) in [6.45, 7) is 2.60. The average Bonchev–Trinajstić information content (AvgIpc) is 2.80. The van der Waals surface area contributed by atoms with Gasteiger partial charge in [-0.1, -0.05) is 13.0 Å². The van der Waals surface area contributed by atoms with E-state index in [0.717, 1.165) is 25.0 Å². The largest absolute Gasteiger partial charge is 0.388 e. The number of aliphatic hydroxyl groups excluding tert-OH is 1. The molecule has 94 valence electrons. The molecular weight excluding hydrogens is 226 g/mol. The van der Waals surface area contributed by atoms with Gasteiger partial charge in [-0.3, -0.25) is 0 Å². The number of hydrogen-bond acceptors (Lipinski definition) is 2. The highest BCUT2D eigenvalue weighted by Crippen LogP contribution is 2.35. The van der Waals surface area contributed by atoms with Gasteiger partial charge in [0.15, 0.2) is 11.6 Å². The van der Waals surface area contributed by atoms with E-state index in [4.69, 9.17) is 4.74 Å². The summed E-state index contributed by atoms with van der Waals surface area (Å²) in [4.78, 5) is 0. The van der Waals surface area contributed by atoms with Crippen LogP contribution in [0.3, 0.4) is 0 Å². The lowest BCUT2D eigenvalue weighted by Crippen LogP contribution is -2.22. The molecule has 1 fully saturated rings. The number of hydrogen-bond donors (Lipinski definition) is 1. The van der Waals surface area contributed by atoms with Gasteiger partial charge < -0.3 is 9.84 Å². The molecule has 0 radical (unpaired) electrons. The van der Waals surface area contributed by atoms with Gasteiger partial charge in [-0.15, -0.1) is 0 Å². The first-order chi connectivity index (χ1) is 8.13. The summed E-state index contributed by atoms with van der Waals surface area (Å²) in [5, 5.41) is 10.2. The second-order valence-corrected chi connectivity index (χ2v) is 4.39. The van der Waals surface area contributed by atoms with Crippen molar-refractivity contribution in [2.75, 3.05) is 6.61 Å². The second-order valence-electron chi connectivity index (χ2n) is 4.39. The van der Waals surface area contributed by atoms with E-state index in [9.17, 15) is 13.9 Å². The summed E-state index contributed by atoms with van der Waals surface area (Å²) in [6.07, 6.45) is 0.764. The van der Waals surface area contributed by atoms with E-state index in [2.05, 4.69) is 0 Å². The van der Waals surface area contributed by atoms with Crippen LogP contribution in [0.15, 0.2) is 18.2 Å². The summed E-state index contributed by atoms with van der Waals surface area (Å²) in [5.41, 5.74) is 0.415. The number of rotatable bonds is 3. The number of halogens is 2. The molecule has 1 saturated heterocycles. The molecule has 0 spiro atoms. The molecule has 1 aromatic rings. The van der Waals surface area contributed by atoms with Crippen molar-refractivity contribution in [2.24, 2.45) is 5.92 Å². The third kappa shape index (κ3) is 2.48. The summed E-state index contributed by atoms with van der Waals surface area (Å²) in [6, 6.07) is 3.53. The highest BCUT2D eigenvalue weighted by atomic mass is 19.2. The first-order valence-electron chi connectivity index (χ1n) is 5.88. The molecule has 1 N–H and O–H groups in total. The molecule has 1 heterocycles. The fourth-order valence-corrected chi connectivity index (χ4v) is 2.39. The van der Waals surface area contributed by atoms with Gasteiger partial charge in [0.1, 0.15) is 0 Å². The van der Waals surface area contributed by atoms with Crippen LogP contribution in [0.4, 0.5) is 8.78 Å². The lowest BCUT2D eigenvalue weighted by molar-refractivity contribution is 0.0306. The Morgan fingerprint density at radius 1 is 1.41 bits per heavy atom. The zero-order valence-corrected chi connectivity index (χ0v) is 9.70. The molecule has 3 unspecified atom stereocenters. The maximum absolute atomic E-state index is 13.1. The summed E-state index contributed by atoms with van der Waals surface area (Å²) in [7, 11) is 0. The highest BCUT2D eigenvalue weighted by molar-refractivity contribution is 5.21. The van der Waals surface area contributed by atoms with Crippen molar-refractivity contribution in [3.05, 3.63) is 35.4 Å². The van der Waals surface area contributed by atoms with Crippen molar-refractivity contribution in [2.45, 2.75) is 32.0 Å². The van der Waals surface area contributed by atoms with Gasteiger partial charge in [-0.2, -0.15) is 0 Å². The van der Waals surface area contributed by atoms with Crippen LogP contribution in [0.25, 0.3) is 0 Å². The van der Waals surface area contributed by atoms with Gasteiger partial charge in [0.05, 0.1) is 12.2 Å². The lowest BCUT2D eigenvalue weighted by Gasteiger charge is -2.23. The first-order valence-corrected chi connectivity index (χ1v) is 5.88. The van der Waals surface area contributed by atoms with E-state index in [-0.39, 0.29) is 12.0 Å². The zero-order chi connectivity index (χ0) is 12.4. The van der Waals surface area contributed by atoms with Crippen molar-refractivity contribution in [3.8, 4) is 0 Å². The van der Waals surface area contributed by atoms with E-state index in [1.807, 2.05) is 6.92 Å². The molecule has 1 aromatic carbocycles. The minimum atomic E-state index is -0.923. The van der Waals surface area contributed by atoms with Crippen LogP contribution in [0.1, 0.15) is 31.4 Å². The van der Waals surface area contributed by atoms with Crippen LogP contribution in [-0.4, -0.2) is 17.8 Å². The normalized spacial score (nSPS) is 26.1. The predicted octanol–water partition coefficient (Wildman–Crippen LogP) is 2.81. The molecule has 0 bridgehead atoms. The average molecular weight is 242 g/mol. The lowest BCUT2D eigenvalue weighted by atomic mass is 9.89. The maximum Gasteiger partial charge on any atom is 0.159 e. The molecule has 3 atom stereocenters. The quantitative estimate of drug-likeness (QED) is 0.883. The molecule has 0 amide bonds. The van der Waals surface area contributed by atoms with Crippen molar-refractivity contribution in [1.29, 1.82) is 0 Å². The Balaban J connectivity index is 2.18. The monoisotopic (exact) mass is 242 g/mol. The van der Waals surface area contributed by atoms with Gasteiger partial charge >= 0.3 is 0 Å². The standard InChI is InChI=1S/C13H16F2O2/c1-2-12-9(5-6-17-12)13(16)8-3-4-10(14)11(15)7-8/h3-4,7,9,12-13,16H,2,5-6H2,1H3. The SMILES string of the molecule is CCC1OCCC1C(O)c1ccc(F)c(F)c1. The molecule has 0 aromatic heterocycles. The predicted molar refractivity (Wildman–Crippen MR) is 59.5 cm³/mol.